The van der Waals surface area contributed by atoms with Crippen LogP contribution in [0.1, 0.15) is 42.0 Å². The maximum atomic E-state index is 12.6. The molecule has 0 saturated heterocycles. The lowest BCUT2D eigenvalue weighted by molar-refractivity contribution is 0.0782. The van der Waals surface area contributed by atoms with Gasteiger partial charge in [0, 0.05) is 18.7 Å². The number of para-hydroxylation sites is 1. The summed E-state index contributed by atoms with van der Waals surface area (Å²) in [6.45, 7) is 6.20. The van der Waals surface area contributed by atoms with Crippen LogP contribution in [-0.4, -0.2) is 32.8 Å². The van der Waals surface area contributed by atoms with Crippen molar-refractivity contribution >= 4 is 27.5 Å². The molecule has 6 nitrogen and oxygen atoms in total. The minimum atomic E-state index is -0.416. The van der Waals surface area contributed by atoms with Crippen LogP contribution in [0.4, 0.5) is 0 Å². The zero-order valence-corrected chi connectivity index (χ0v) is 15.5. The lowest BCUT2D eigenvalue weighted by Gasteiger charge is -2.18. The molecule has 2 aromatic heterocycles. The smallest absolute Gasteiger partial charge is 0.263 e. The third-order valence-electron chi connectivity index (χ3n) is 3.80. The molecule has 0 spiro atoms. The normalized spacial score (nSPS) is 11.7. The molecule has 0 radical (unpaired) electrons. The number of nitrogens with zero attached hydrogens (tertiary/aromatic N) is 3. The number of aromatic amines is 1. The Morgan fingerprint density at radius 1 is 1.28 bits per heavy atom. The van der Waals surface area contributed by atoms with Crippen molar-refractivity contribution in [1.29, 1.82) is 0 Å². The molecule has 3 aromatic rings. The number of benzene rings is 1. The summed E-state index contributed by atoms with van der Waals surface area (Å²) in [6, 6.07) is 7.83. The molecule has 0 saturated carbocycles. The Kier molecular flexibility index (Phi) is 4.43. The summed E-state index contributed by atoms with van der Waals surface area (Å²) < 4.78 is 1.08. The van der Waals surface area contributed by atoms with E-state index in [1.165, 1.54) is 11.1 Å². The molecule has 0 aliphatic rings. The zero-order valence-electron chi connectivity index (χ0n) is 14.7. The standard InChI is InChI=1S/C18H20N4O2S/c1-18(2,3)17-19-9-11(15(23)21-17)16(24)22(4)10-14-20-12-7-5-6-8-13(12)25-14/h5-9H,10H2,1-4H3,(H,19,21,23). The summed E-state index contributed by atoms with van der Waals surface area (Å²) in [5.74, 6) is 0.191. The van der Waals surface area contributed by atoms with E-state index >= 15 is 0 Å². The fourth-order valence-corrected chi connectivity index (χ4v) is 3.42. The number of H-pyrrole nitrogens is 1. The first kappa shape index (κ1) is 17.3. The van der Waals surface area contributed by atoms with Crippen LogP contribution in [0.25, 0.3) is 10.2 Å². The van der Waals surface area contributed by atoms with Crippen LogP contribution in [-0.2, 0) is 12.0 Å². The van der Waals surface area contributed by atoms with Gasteiger partial charge < -0.3 is 9.88 Å². The van der Waals surface area contributed by atoms with Gasteiger partial charge in [-0.1, -0.05) is 32.9 Å². The van der Waals surface area contributed by atoms with Gasteiger partial charge in [0.2, 0.25) is 0 Å². The van der Waals surface area contributed by atoms with Crippen molar-refractivity contribution in [1.82, 2.24) is 19.9 Å². The molecule has 1 amide bonds. The van der Waals surface area contributed by atoms with E-state index in [4.69, 9.17) is 0 Å². The van der Waals surface area contributed by atoms with E-state index in [0.29, 0.717) is 12.4 Å². The van der Waals surface area contributed by atoms with Gasteiger partial charge in [-0.3, -0.25) is 9.59 Å². The van der Waals surface area contributed by atoms with E-state index in [9.17, 15) is 9.59 Å². The quantitative estimate of drug-likeness (QED) is 0.782. The van der Waals surface area contributed by atoms with Crippen LogP contribution < -0.4 is 5.56 Å². The minimum Gasteiger partial charge on any atom is -0.335 e. The number of rotatable bonds is 3. The predicted molar refractivity (Wildman–Crippen MR) is 99.0 cm³/mol. The third kappa shape index (κ3) is 3.61. The predicted octanol–water partition coefficient (Wildman–Crippen LogP) is 2.95. The highest BCUT2D eigenvalue weighted by Crippen LogP contribution is 2.22. The van der Waals surface area contributed by atoms with Crippen molar-refractivity contribution in [3.63, 3.8) is 0 Å². The highest BCUT2D eigenvalue weighted by atomic mass is 32.1. The first-order valence-corrected chi connectivity index (χ1v) is 8.77. The summed E-state index contributed by atoms with van der Waals surface area (Å²) in [4.78, 5) is 37.8. The summed E-state index contributed by atoms with van der Waals surface area (Å²) in [5, 5.41) is 0.827. The number of aromatic nitrogens is 3. The van der Waals surface area contributed by atoms with E-state index in [-0.39, 0.29) is 16.9 Å². The molecule has 0 bridgehead atoms. The van der Waals surface area contributed by atoms with Crippen molar-refractivity contribution in [3.05, 3.63) is 57.2 Å². The van der Waals surface area contributed by atoms with E-state index in [1.807, 2.05) is 45.0 Å². The lowest BCUT2D eigenvalue weighted by atomic mass is 9.96. The van der Waals surface area contributed by atoms with E-state index in [0.717, 1.165) is 15.2 Å². The molecule has 0 aliphatic heterocycles. The fourth-order valence-electron chi connectivity index (χ4n) is 2.40. The molecule has 25 heavy (non-hydrogen) atoms. The lowest BCUT2D eigenvalue weighted by Crippen LogP contribution is -2.33. The molecule has 0 unspecified atom stereocenters. The van der Waals surface area contributed by atoms with Gasteiger partial charge in [-0.2, -0.15) is 0 Å². The van der Waals surface area contributed by atoms with Gasteiger partial charge in [0.25, 0.3) is 11.5 Å². The summed E-state index contributed by atoms with van der Waals surface area (Å²) in [7, 11) is 1.66. The van der Waals surface area contributed by atoms with Crippen LogP contribution in [0.3, 0.4) is 0 Å². The van der Waals surface area contributed by atoms with Crippen LogP contribution >= 0.6 is 11.3 Å². The maximum Gasteiger partial charge on any atom is 0.263 e. The molecule has 130 valence electrons. The highest BCUT2D eigenvalue weighted by Gasteiger charge is 2.21. The molecule has 1 aromatic carbocycles. The molecule has 0 atom stereocenters. The van der Waals surface area contributed by atoms with Crippen molar-refractivity contribution in [2.45, 2.75) is 32.7 Å². The molecular formula is C18H20N4O2S. The van der Waals surface area contributed by atoms with Crippen LogP contribution in [0.2, 0.25) is 0 Å². The first-order valence-electron chi connectivity index (χ1n) is 7.95. The number of thiazole rings is 1. The third-order valence-corrected chi connectivity index (χ3v) is 4.82. The second kappa shape index (κ2) is 6.40. The Labute approximate surface area is 149 Å². The molecule has 0 fully saturated rings. The van der Waals surface area contributed by atoms with Gasteiger partial charge in [-0.15, -0.1) is 11.3 Å². The molecule has 7 heteroatoms. The first-order chi connectivity index (χ1) is 11.8. The van der Waals surface area contributed by atoms with E-state index in [2.05, 4.69) is 15.0 Å². The number of amides is 1. The number of fused-ring (bicyclic) bond motifs is 1. The van der Waals surface area contributed by atoms with Crippen LogP contribution in [0.15, 0.2) is 35.3 Å². The van der Waals surface area contributed by atoms with Gasteiger partial charge in [-0.05, 0) is 12.1 Å². The number of carbonyl (C=O) groups excluding carboxylic acids is 1. The average Bonchev–Trinajstić information content (AvgIpc) is 2.95. The number of hydrogen-bond acceptors (Lipinski definition) is 5. The molecular weight excluding hydrogens is 336 g/mol. The highest BCUT2D eigenvalue weighted by molar-refractivity contribution is 7.18. The summed E-state index contributed by atoms with van der Waals surface area (Å²) >= 11 is 1.54. The Morgan fingerprint density at radius 3 is 2.64 bits per heavy atom. The fraction of sp³-hybridized carbons (Fsp3) is 0.333. The maximum absolute atomic E-state index is 12.6. The van der Waals surface area contributed by atoms with Crippen molar-refractivity contribution in [2.24, 2.45) is 0 Å². The largest absolute Gasteiger partial charge is 0.335 e. The average molecular weight is 356 g/mol. The summed E-state index contributed by atoms with van der Waals surface area (Å²) in [6.07, 6.45) is 1.36. The number of nitrogens with one attached hydrogen (secondary N) is 1. The second-order valence-corrected chi connectivity index (χ2v) is 8.08. The molecule has 0 aliphatic carbocycles. The number of hydrogen-bond donors (Lipinski definition) is 1. The van der Waals surface area contributed by atoms with E-state index < -0.39 is 5.56 Å². The Bertz CT molecular complexity index is 951. The summed E-state index contributed by atoms with van der Waals surface area (Å²) in [5.41, 5.74) is 0.253. The molecule has 3 rings (SSSR count). The number of carbonyl (C=O) groups is 1. The Morgan fingerprint density at radius 2 is 2.00 bits per heavy atom. The van der Waals surface area contributed by atoms with Gasteiger partial charge in [0.1, 0.15) is 16.4 Å². The molecule has 1 N–H and O–H groups in total. The van der Waals surface area contributed by atoms with Crippen molar-refractivity contribution in [3.8, 4) is 0 Å². The van der Waals surface area contributed by atoms with Crippen LogP contribution in [0, 0.1) is 0 Å². The minimum absolute atomic E-state index is 0.0385. The van der Waals surface area contributed by atoms with Gasteiger partial charge in [0.05, 0.1) is 16.8 Å². The Hall–Kier alpha value is -2.54. The van der Waals surface area contributed by atoms with E-state index in [1.54, 1.807) is 18.4 Å². The SMILES string of the molecule is CN(Cc1nc2ccccc2s1)C(=O)c1cnc(C(C)(C)C)[nH]c1=O. The van der Waals surface area contributed by atoms with Gasteiger partial charge in [0.15, 0.2) is 0 Å². The van der Waals surface area contributed by atoms with Gasteiger partial charge >= 0.3 is 0 Å². The van der Waals surface area contributed by atoms with Crippen LogP contribution in [0.5, 0.6) is 0 Å². The topological polar surface area (TPSA) is 79.0 Å². The monoisotopic (exact) mass is 356 g/mol. The molecule has 2 heterocycles. The van der Waals surface area contributed by atoms with Crippen molar-refractivity contribution < 1.29 is 4.79 Å². The zero-order chi connectivity index (χ0) is 18.2. The second-order valence-electron chi connectivity index (χ2n) is 6.96. The van der Waals surface area contributed by atoms with Gasteiger partial charge in [-0.25, -0.2) is 9.97 Å². The van der Waals surface area contributed by atoms with Crippen molar-refractivity contribution in [2.75, 3.05) is 7.05 Å². The Balaban J connectivity index is 1.81.